The standard InChI is InChI=1S/C20H24N2O2/c1-2-4-17(5-3-1)8-9-21-10-12-22(13-11-21)15-18-6-7-19-20(14-18)24-16-23-19/h1-7,14H,8-13,15-16H2. The predicted molar refractivity (Wildman–Crippen MR) is 94.4 cm³/mol. The van der Waals surface area contributed by atoms with E-state index in [1.165, 1.54) is 11.1 Å². The molecule has 0 saturated carbocycles. The summed E-state index contributed by atoms with van der Waals surface area (Å²) < 4.78 is 10.8. The summed E-state index contributed by atoms with van der Waals surface area (Å²) in [6.45, 7) is 7.05. The van der Waals surface area contributed by atoms with Crippen LogP contribution in [-0.2, 0) is 13.0 Å². The fourth-order valence-electron chi connectivity index (χ4n) is 3.40. The molecule has 0 amide bonds. The molecular formula is C20H24N2O2. The van der Waals surface area contributed by atoms with Crippen LogP contribution in [0, 0.1) is 0 Å². The molecule has 126 valence electrons. The molecule has 0 aliphatic carbocycles. The zero-order chi connectivity index (χ0) is 16.2. The van der Waals surface area contributed by atoms with Crippen LogP contribution in [0.25, 0.3) is 0 Å². The number of piperazine rings is 1. The second-order valence-corrected chi connectivity index (χ2v) is 6.54. The molecule has 0 aromatic heterocycles. The normalized spacial score (nSPS) is 18.0. The van der Waals surface area contributed by atoms with Gasteiger partial charge in [0.15, 0.2) is 11.5 Å². The monoisotopic (exact) mass is 324 g/mol. The van der Waals surface area contributed by atoms with Gasteiger partial charge in [-0.3, -0.25) is 4.90 Å². The van der Waals surface area contributed by atoms with Gasteiger partial charge in [0.05, 0.1) is 0 Å². The first-order valence-electron chi connectivity index (χ1n) is 8.74. The fourth-order valence-corrected chi connectivity index (χ4v) is 3.40. The molecule has 0 unspecified atom stereocenters. The summed E-state index contributed by atoms with van der Waals surface area (Å²) >= 11 is 0. The van der Waals surface area contributed by atoms with E-state index in [0.29, 0.717) is 6.79 Å². The first kappa shape index (κ1) is 15.5. The van der Waals surface area contributed by atoms with Crippen molar-refractivity contribution in [2.24, 2.45) is 0 Å². The molecule has 4 rings (SSSR count). The van der Waals surface area contributed by atoms with Crippen LogP contribution in [0.3, 0.4) is 0 Å². The van der Waals surface area contributed by atoms with E-state index >= 15 is 0 Å². The number of hydrogen-bond donors (Lipinski definition) is 0. The van der Waals surface area contributed by atoms with E-state index in [9.17, 15) is 0 Å². The van der Waals surface area contributed by atoms with E-state index in [4.69, 9.17) is 9.47 Å². The van der Waals surface area contributed by atoms with E-state index < -0.39 is 0 Å². The van der Waals surface area contributed by atoms with E-state index in [0.717, 1.165) is 57.2 Å². The van der Waals surface area contributed by atoms with Crippen molar-refractivity contribution in [3.63, 3.8) is 0 Å². The highest BCUT2D eigenvalue weighted by molar-refractivity contribution is 5.44. The third-order valence-corrected chi connectivity index (χ3v) is 4.87. The van der Waals surface area contributed by atoms with Crippen LogP contribution < -0.4 is 9.47 Å². The van der Waals surface area contributed by atoms with Crippen LogP contribution >= 0.6 is 0 Å². The summed E-state index contributed by atoms with van der Waals surface area (Å²) in [6.07, 6.45) is 1.14. The summed E-state index contributed by atoms with van der Waals surface area (Å²) in [4.78, 5) is 5.10. The molecule has 2 aromatic rings. The largest absolute Gasteiger partial charge is 0.454 e. The average Bonchev–Trinajstić information content (AvgIpc) is 3.10. The van der Waals surface area contributed by atoms with Crippen molar-refractivity contribution >= 4 is 0 Å². The molecule has 2 aliphatic rings. The minimum Gasteiger partial charge on any atom is -0.454 e. The highest BCUT2D eigenvalue weighted by atomic mass is 16.7. The first-order chi connectivity index (χ1) is 11.9. The van der Waals surface area contributed by atoms with Gasteiger partial charge in [0.2, 0.25) is 6.79 Å². The summed E-state index contributed by atoms with van der Waals surface area (Å²) in [5.41, 5.74) is 2.73. The summed E-state index contributed by atoms with van der Waals surface area (Å²) in [5, 5.41) is 0. The van der Waals surface area contributed by atoms with Crippen molar-refractivity contribution in [2.75, 3.05) is 39.5 Å². The molecule has 2 aliphatic heterocycles. The minimum absolute atomic E-state index is 0.346. The molecule has 0 spiro atoms. The number of ether oxygens (including phenoxy) is 2. The topological polar surface area (TPSA) is 24.9 Å². The predicted octanol–water partition coefficient (Wildman–Crippen LogP) is 2.78. The van der Waals surface area contributed by atoms with Gasteiger partial charge in [0, 0.05) is 39.3 Å². The third-order valence-electron chi connectivity index (χ3n) is 4.87. The molecule has 0 radical (unpaired) electrons. The summed E-state index contributed by atoms with van der Waals surface area (Å²) in [7, 11) is 0. The van der Waals surface area contributed by atoms with Crippen LogP contribution in [0.5, 0.6) is 11.5 Å². The zero-order valence-electron chi connectivity index (χ0n) is 14.0. The number of fused-ring (bicyclic) bond motifs is 1. The second-order valence-electron chi connectivity index (χ2n) is 6.54. The maximum atomic E-state index is 5.47. The molecule has 1 fully saturated rings. The Morgan fingerprint density at radius 2 is 1.50 bits per heavy atom. The van der Waals surface area contributed by atoms with Gasteiger partial charge in [0.1, 0.15) is 0 Å². The molecule has 24 heavy (non-hydrogen) atoms. The molecule has 0 bridgehead atoms. The van der Waals surface area contributed by atoms with Crippen molar-refractivity contribution in [3.8, 4) is 11.5 Å². The minimum atomic E-state index is 0.346. The Bertz CT molecular complexity index is 667. The molecule has 2 heterocycles. The van der Waals surface area contributed by atoms with Crippen LogP contribution in [0.1, 0.15) is 11.1 Å². The van der Waals surface area contributed by atoms with Gasteiger partial charge in [-0.25, -0.2) is 0 Å². The van der Waals surface area contributed by atoms with Crippen molar-refractivity contribution < 1.29 is 9.47 Å². The number of benzene rings is 2. The van der Waals surface area contributed by atoms with Gasteiger partial charge in [-0.1, -0.05) is 36.4 Å². The van der Waals surface area contributed by atoms with Gasteiger partial charge in [-0.2, -0.15) is 0 Å². The lowest BCUT2D eigenvalue weighted by molar-refractivity contribution is 0.128. The van der Waals surface area contributed by atoms with Gasteiger partial charge < -0.3 is 14.4 Å². The highest BCUT2D eigenvalue weighted by Crippen LogP contribution is 2.32. The molecule has 2 aromatic carbocycles. The van der Waals surface area contributed by atoms with Gasteiger partial charge in [0.25, 0.3) is 0 Å². The van der Waals surface area contributed by atoms with Crippen LogP contribution in [0.2, 0.25) is 0 Å². The van der Waals surface area contributed by atoms with Gasteiger partial charge in [-0.15, -0.1) is 0 Å². The van der Waals surface area contributed by atoms with Crippen molar-refractivity contribution in [1.82, 2.24) is 9.80 Å². The van der Waals surface area contributed by atoms with E-state index in [1.54, 1.807) is 0 Å². The highest BCUT2D eigenvalue weighted by Gasteiger charge is 2.18. The Kier molecular flexibility index (Phi) is 4.67. The van der Waals surface area contributed by atoms with Gasteiger partial charge in [-0.05, 0) is 29.7 Å². The fraction of sp³-hybridized carbons (Fsp3) is 0.400. The van der Waals surface area contributed by atoms with E-state index in [-0.39, 0.29) is 0 Å². The van der Waals surface area contributed by atoms with Crippen LogP contribution in [0.4, 0.5) is 0 Å². The second kappa shape index (κ2) is 7.24. The Morgan fingerprint density at radius 3 is 2.33 bits per heavy atom. The smallest absolute Gasteiger partial charge is 0.231 e. The molecule has 1 saturated heterocycles. The zero-order valence-corrected chi connectivity index (χ0v) is 14.0. The average molecular weight is 324 g/mol. The molecule has 0 N–H and O–H groups in total. The Balaban J connectivity index is 1.24. The van der Waals surface area contributed by atoms with E-state index in [2.05, 4.69) is 52.3 Å². The number of rotatable bonds is 5. The Labute approximate surface area is 143 Å². The summed E-state index contributed by atoms with van der Waals surface area (Å²) in [6, 6.07) is 17.1. The maximum Gasteiger partial charge on any atom is 0.231 e. The molecule has 4 nitrogen and oxygen atoms in total. The Morgan fingerprint density at radius 1 is 0.750 bits per heavy atom. The van der Waals surface area contributed by atoms with Gasteiger partial charge >= 0.3 is 0 Å². The first-order valence-corrected chi connectivity index (χ1v) is 8.74. The van der Waals surface area contributed by atoms with E-state index in [1.807, 2.05) is 6.07 Å². The maximum absolute atomic E-state index is 5.47. The molecule has 4 heteroatoms. The van der Waals surface area contributed by atoms with Crippen molar-refractivity contribution in [2.45, 2.75) is 13.0 Å². The lowest BCUT2D eigenvalue weighted by Gasteiger charge is -2.34. The molecular weight excluding hydrogens is 300 g/mol. The molecule has 0 atom stereocenters. The van der Waals surface area contributed by atoms with Crippen molar-refractivity contribution in [3.05, 3.63) is 59.7 Å². The third kappa shape index (κ3) is 3.71. The summed E-state index contributed by atoms with van der Waals surface area (Å²) in [5.74, 6) is 1.75. The SMILES string of the molecule is c1ccc(CCN2CCN(Cc3ccc4c(c3)OCO4)CC2)cc1. The van der Waals surface area contributed by atoms with Crippen molar-refractivity contribution in [1.29, 1.82) is 0 Å². The van der Waals surface area contributed by atoms with Crippen LogP contribution in [0.15, 0.2) is 48.5 Å². The number of hydrogen-bond acceptors (Lipinski definition) is 4. The lowest BCUT2D eigenvalue weighted by atomic mass is 10.1. The quantitative estimate of drug-likeness (QED) is 0.844. The van der Waals surface area contributed by atoms with Crippen LogP contribution in [-0.4, -0.2) is 49.3 Å². The number of nitrogens with zero attached hydrogens (tertiary/aromatic N) is 2. The Hall–Kier alpha value is -2.04. The lowest BCUT2D eigenvalue weighted by Crippen LogP contribution is -2.46.